The van der Waals surface area contributed by atoms with Crippen LogP contribution in [0, 0.1) is 10.1 Å². The fourth-order valence-corrected chi connectivity index (χ4v) is 1.49. The number of hydrogen-bond acceptors (Lipinski definition) is 7. The number of nitrogens with zero attached hydrogens (tertiary/aromatic N) is 3. The molecule has 0 amide bonds. The van der Waals surface area contributed by atoms with Crippen LogP contribution in [0.25, 0.3) is 11.4 Å². The summed E-state index contributed by atoms with van der Waals surface area (Å²) in [6, 6.07) is 3.43. The van der Waals surface area contributed by atoms with Gasteiger partial charge in [-0.15, -0.1) is 0 Å². The Morgan fingerprint density at radius 1 is 1.55 bits per heavy atom. The van der Waals surface area contributed by atoms with Crippen LogP contribution in [0.3, 0.4) is 0 Å². The summed E-state index contributed by atoms with van der Waals surface area (Å²) < 4.78 is 4.73. The number of aromatic amines is 1. The van der Waals surface area contributed by atoms with Crippen LogP contribution in [0.1, 0.15) is 17.5 Å². The van der Waals surface area contributed by atoms with Crippen LogP contribution in [-0.2, 0) is 4.74 Å². The van der Waals surface area contributed by atoms with Gasteiger partial charge < -0.3 is 9.84 Å². The molecule has 0 bridgehead atoms. The SMILES string of the molecule is CCOC(=O)c1nc(-c2cc([N+](=O)[O-])ccc2O)n[nH]1. The van der Waals surface area contributed by atoms with Gasteiger partial charge in [0, 0.05) is 12.1 Å². The van der Waals surface area contributed by atoms with Gasteiger partial charge in [-0.25, -0.2) is 9.78 Å². The maximum absolute atomic E-state index is 11.4. The van der Waals surface area contributed by atoms with Crippen LogP contribution < -0.4 is 0 Å². The van der Waals surface area contributed by atoms with Gasteiger partial charge in [-0.1, -0.05) is 0 Å². The van der Waals surface area contributed by atoms with E-state index in [1.807, 2.05) is 0 Å². The van der Waals surface area contributed by atoms with Crippen molar-refractivity contribution in [2.75, 3.05) is 6.61 Å². The number of esters is 1. The first kappa shape index (κ1) is 13.5. The monoisotopic (exact) mass is 278 g/mol. The molecule has 0 atom stereocenters. The molecule has 2 aromatic rings. The molecule has 0 aliphatic carbocycles. The predicted molar refractivity (Wildman–Crippen MR) is 66.1 cm³/mol. The third kappa shape index (κ3) is 2.55. The molecule has 1 heterocycles. The lowest BCUT2D eigenvalue weighted by Gasteiger charge is -1.99. The molecule has 20 heavy (non-hydrogen) atoms. The van der Waals surface area contributed by atoms with Crippen LogP contribution in [-0.4, -0.2) is 37.8 Å². The van der Waals surface area contributed by atoms with E-state index in [9.17, 15) is 20.0 Å². The van der Waals surface area contributed by atoms with Gasteiger partial charge >= 0.3 is 5.97 Å². The Morgan fingerprint density at radius 3 is 2.95 bits per heavy atom. The largest absolute Gasteiger partial charge is 0.507 e. The third-order valence-corrected chi connectivity index (χ3v) is 2.39. The van der Waals surface area contributed by atoms with Crippen LogP contribution in [0.2, 0.25) is 0 Å². The van der Waals surface area contributed by atoms with Gasteiger partial charge in [0.25, 0.3) is 5.69 Å². The second kappa shape index (κ2) is 5.34. The number of nitrogens with one attached hydrogen (secondary N) is 1. The first-order chi connectivity index (χ1) is 9.52. The summed E-state index contributed by atoms with van der Waals surface area (Å²) in [6.07, 6.45) is 0. The Balaban J connectivity index is 2.39. The van der Waals surface area contributed by atoms with Crippen molar-refractivity contribution >= 4 is 11.7 Å². The number of phenolic OH excluding ortho intramolecular Hbond substituents is 1. The number of nitro groups is 1. The van der Waals surface area contributed by atoms with Crippen molar-refractivity contribution in [2.24, 2.45) is 0 Å². The van der Waals surface area contributed by atoms with Crippen molar-refractivity contribution < 1.29 is 19.6 Å². The molecule has 9 heteroatoms. The summed E-state index contributed by atoms with van der Waals surface area (Å²) in [5.74, 6) is -1.11. The van der Waals surface area contributed by atoms with Gasteiger partial charge in [0.15, 0.2) is 5.82 Å². The van der Waals surface area contributed by atoms with E-state index in [1.165, 1.54) is 0 Å². The highest BCUT2D eigenvalue weighted by Crippen LogP contribution is 2.30. The average Bonchev–Trinajstić information content (AvgIpc) is 2.88. The van der Waals surface area contributed by atoms with E-state index in [-0.39, 0.29) is 35.3 Å². The molecule has 9 nitrogen and oxygen atoms in total. The van der Waals surface area contributed by atoms with Crippen molar-refractivity contribution in [2.45, 2.75) is 6.92 Å². The summed E-state index contributed by atoms with van der Waals surface area (Å²) in [7, 11) is 0. The topological polar surface area (TPSA) is 131 Å². The number of non-ortho nitro benzene ring substituents is 1. The highest BCUT2D eigenvalue weighted by molar-refractivity contribution is 5.85. The number of H-pyrrole nitrogens is 1. The zero-order valence-electron chi connectivity index (χ0n) is 10.4. The lowest BCUT2D eigenvalue weighted by Crippen LogP contribution is -2.06. The Bertz CT molecular complexity index is 667. The van der Waals surface area contributed by atoms with E-state index in [0.29, 0.717) is 0 Å². The number of carbonyl (C=O) groups excluding carboxylic acids is 1. The average molecular weight is 278 g/mol. The number of benzene rings is 1. The molecule has 0 saturated heterocycles. The smallest absolute Gasteiger partial charge is 0.375 e. The number of hydrogen-bond donors (Lipinski definition) is 2. The summed E-state index contributed by atoms with van der Waals surface area (Å²) in [5, 5.41) is 26.5. The van der Waals surface area contributed by atoms with Crippen molar-refractivity contribution in [1.82, 2.24) is 15.2 Å². The van der Waals surface area contributed by atoms with Gasteiger partial charge in [-0.05, 0) is 13.0 Å². The molecular weight excluding hydrogens is 268 g/mol. The quantitative estimate of drug-likeness (QED) is 0.488. The van der Waals surface area contributed by atoms with Gasteiger partial charge in [0.05, 0.1) is 17.1 Å². The van der Waals surface area contributed by atoms with E-state index in [1.54, 1.807) is 6.92 Å². The van der Waals surface area contributed by atoms with Crippen LogP contribution in [0.4, 0.5) is 5.69 Å². The molecule has 0 saturated carbocycles. The maximum Gasteiger partial charge on any atom is 0.375 e. The summed E-state index contributed by atoms with van der Waals surface area (Å²) in [6.45, 7) is 1.82. The van der Waals surface area contributed by atoms with E-state index in [2.05, 4.69) is 15.2 Å². The number of ether oxygens (including phenoxy) is 1. The fourth-order valence-electron chi connectivity index (χ4n) is 1.49. The number of carbonyl (C=O) groups is 1. The standard InChI is InChI=1S/C11H10N4O5/c1-2-20-11(17)10-12-9(13-14-10)7-5-6(15(18)19)3-4-8(7)16/h3-5,16H,2H2,1H3,(H,12,13,14). The summed E-state index contributed by atoms with van der Waals surface area (Å²) in [5.41, 5.74) is -0.175. The van der Waals surface area contributed by atoms with Crippen molar-refractivity contribution in [3.05, 3.63) is 34.1 Å². The number of aromatic nitrogens is 3. The van der Waals surface area contributed by atoms with Gasteiger partial charge in [0.1, 0.15) is 5.75 Å². The first-order valence-electron chi connectivity index (χ1n) is 5.60. The molecule has 0 aliphatic rings. The molecule has 0 fully saturated rings. The van der Waals surface area contributed by atoms with Gasteiger partial charge in [-0.2, -0.15) is 5.10 Å². The maximum atomic E-state index is 11.4. The van der Waals surface area contributed by atoms with E-state index < -0.39 is 10.9 Å². The second-order valence-electron chi connectivity index (χ2n) is 3.69. The highest BCUT2D eigenvalue weighted by Gasteiger charge is 2.18. The second-order valence-corrected chi connectivity index (χ2v) is 3.69. The molecule has 0 aliphatic heterocycles. The van der Waals surface area contributed by atoms with Crippen LogP contribution >= 0.6 is 0 Å². The Kier molecular flexibility index (Phi) is 3.60. The van der Waals surface area contributed by atoms with E-state index in [4.69, 9.17) is 4.74 Å². The van der Waals surface area contributed by atoms with Crippen LogP contribution in [0.5, 0.6) is 5.75 Å². The number of phenols is 1. The van der Waals surface area contributed by atoms with Crippen LogP contribution in [0.15, 0.2) is 18.2 Å². The molecule has 2 N–H and O–H groups in total. The summed E-state index contributed by atoms with van der Waals surface area (Å²) >= 11 is 0. The van der Waals surface area contributed by atoms with E-state index >= 15 is 0 Å². The minimum Gasteiger partial charge on any atom is -0.507 e. The lowest BCUT2D eigenvalue weighted by atomic mass is 10.1. The number of rotatable bonds is 4. The Labute approximate surface area is 112 Å². The third-order valence-electron chi connectivity index (χ3n) is 2.39. The Morgan fingerprint density at radius 2 is 2.30 bits per heavy atom. The molecule has 104 valence electrons. The summed E-state index contributed by atoms with van der Waals surface area (Å²) in [4.78, 5) is 25.3. The molecule has 1 aromatic carbocycles. The van der Waals surface area contributed by atoms with E-state index in [0.717, 1.165) is 18.2 Å². The molecular formula is C11H10N4O5. The zero-order valence-corrected chi connectivity index (χ0v) is 10.4. The lowest BCUT2D eigenvalue weighted by molar-refractivity contribution is -0.384. The highest BCUT2D eigenvalue weighted by atomic mass is 16.6. The molecule has 0 unspecified atom stereocenters. The molecule has 2 rings (SSSR count). The predicted octanol–water partition coefficient (Wildman–Crippen LogP) is 1.26. The zero-order chi connectivity index (χ0) is 14.7. The van der Waals surface area contributed by atoms with Crippen molar-refractivity contribution in [1.29, 1.82) is 0 Å². The molecule has 0 radical (unpaired) electrons. The number of aromatic hydroxyl groups is 1. The van der Waals surface area contributed by atoms with Crippen molar-refractivity contribution in [3.63, 3.8) is 0 Å². The first-order valence-corrected chi connectivity index (χ1v) is 5.60. The normalized spacial score (nSPS) is 10.2. The molecule has 1 aromatic heterocycles. The van der Waals surface area contributed by atoms with Crippen molar-refractivity contribution in [3.8, 4) is 17.1 Å². The Hall–Kier alpha value is -2.97. The number of nitro benzene ring substituents is 1. The molecule has 0 spiro atoms. The minimum absolute atomic E-state index is 0.0331. The van der Waals surface area contributed by atoms with Gasteiger partial charge in [-0.3, -0.25) is 15.2 Å². The minimum atomic E-state index is -0.698. The fraction of sp³-hybridized carbons (Fsp3) is 0.182. The van der Waals surface area contributed by atoms with Gasteiger partial charge in [0.2, 0.25) is 5.82 Å².